The summed E-state index contributed by atoms with van der Waals surface area (Å²) in [7, 11) is 0. The number of likely N-dealkylation sites (tertiary alicyclic amines) is 1. The van der Waals surface area contributed by atoms with Crippen molar-refractivity contribution in [2.75, 3.05) is 26.2 Å². The molecule has 8 nitrogen and oxygen atoms in total. The van der Waals surface area contributed by atoms with Gasteiger partial charge in [0.1, 0.15) is 0 Å². The number of nitrogens with one attached hydrogen (secondary N) is 1. The van der Waals surface area contributed by atoms with E-state index in [4.69, 9.17) is 15.6 Å². The van der Waals surface area contributed by atoms with Crippen LogP contribution in [0.15, 0.2) is 0 Å². The van der Waals surface area contributed by atoms with Crippen LogP contribution in [-0.2, 0) is 14.3 Å². The number of primary amides is 1. The fourth-order valence-electron chi connectivity index (χ4n) is 2.49. The molecule has 1 rings (SSSR count). The monoisotopic (exact) mass is 287 g/mol. The van der Waals surface area contributed by atoms with Gasteiger partial charge in [0.05, 0.1) is 13.2 Å². The van der Waals surface area contributed by atoms with Gasteiger partial charge in [-0.15, -0.1) is 0 Å². The molecule has 0 aromatic heterocycles. The zero-order valence-corrected chi connectivity index (χ0v) is 11.5. The lowest BCUT2D eigenvalue weighted by molar-refractivity contribution is -0.138. The number of amides is 2. The molecule has 8 heteroatoms. The van der Waals surface area contributed by atoms with E-state index in [1.165, 1.54) is 0 Å². The molecule has 0 spiro atoms. The fourth-order valence-corrected chi connectivity index (χ4v) is 2.49. The molecule has 1 heterocycles. The number of alkyl carbamates (subject to hydrolysis) is 1. The highest BCUT2D eigenvalue weighted by atomic mass is 16.5. The summed E-state index contributed by atoms with van der Waals surface area (Å²) in [6.07, 6.45) is 0.00361. The van der Waals surface area contributed by atoms with Gasteiger partial charge >= 0.3 is 12.1 Å². The maximum Gasteiger partial charge on any atom is 0.407 e. The molecule has 1 saturated heterocycles. The van der Waals surface area contributed by atoms with Gasteiger partial charge in [0.25, 0.3) is 0 Å². The van der Waals surface area contributed by atoms with Crippen molar-refractivity contribution in [2.45, 2.75) is 25.8 Å². The molecular weight excluding hydrogens is 266 g/mol. The van der Waals surface area contributed by atoms with Crippen molar-refractivity contribution in [1.82, 2.24) is 10.2 Å². The first-order valence-electron chi connectivity index (χ1n) is 6.56. The van der Waals surface area contributed by atoms with E-state index in [1.54, 1.807) is 11.8 Å². The van der Waals surface area contributed by atoms with Gasteiger partial charge in [-0.05, 0) is 19.3 Å². The third kappa shape index (κ3) is 5.87. The second-order valence-corrected chi connectivity index (χ2v) is 4.92. The van der Waals surface area contributed by atoms with E-state index in [0.717, 1.165) is 0 Å². The van der Waals surface area contributed by atoms with Crippen LogP contribution in [0, 0.1) is 5.92 Å². The Hall–Kier alpha value is -1.83. The summed E-state index contributed by atoms with van der Waals surface area (Å²) in [5.74, 6) is -1.51. The zero-order valence-electron chi connectivity index (χ0n) is 11.5. The third-order valence-corrected chi connectivity index (χ3v) is 3.05. The smallest absolute Gasteiger partial charge is 0.407 e. The molecule has 0 bridgehead atoms. The number of nitrogens with zero attached hydrogens (tertiary/aromatic N) is 1. The number of carbonyl (C=O) groups is 3. The second kappa shape index (κ2) is 7.68. The predicted octanol–water partition coefficient (Wildman–Crippen LogP) is -0.617. The largest absolute Gasteiger partial charge is 0.481 e. The van der Waals surface area contributed by atoms with Gasteiger partial charge < -0.3 is 20.9 Å². The van der Waals surface area contributed by atoms with E-state index in [0.29, 0.717) is 19.5 Å². The standard InChI is InChI=1S/C12H21N3O5/c1-2-20-12(19)14-9-3-8(4-11(17)18)5-15(6-9)7-10(13)16/h8-9H,2-7H2,1H3,(H2,13,16)(H,14,19)(H,17,18). The molecule has 2 unspecified atom stereocenters. The molecule has 0 radical (unpaired) electrons. The lowest BCUT2D eigenvalue weighted by Gasteiger charge is -2.36. The van der Waals surface area contributed by atoms with Crippen molar-refractivity contribution in [3.8, 4) is 0 Å². The number of piperidine rings is 1. The minimum Gasteiger partial charge on any atom is -0.481 e. The Kier molecular flexibility index (Phi) is 6.23. The molecule has 4 N–H and O–H groups in total. The van der Waals surface area contributed by atoms with Crippen LogP contribution in [0.1, 0.15) is 19.8 Å². The average molecular weight is 287 g/mol. The summed E-state index contributed by atoms with van der Waals surface area (Å²) < 4.78 is 4.80. The van der Waals surface area contributed by atoms with Gasteiger partial charge in [-0.3, -0.25) is 14.5 Å². The Bertz CT molecular complexity index is 350. The molecule has 0 aliphatic carbocycles. The topological polar surface area (TPSA) is 122 Å². The van der Waals surface area contributed by atoms with Gasteiger partial charge in [-0.25, -0.2) is 4.79 Å². The van der Waals surface area contributed by atoms with Crippen molar-refractivity contribution in [2.24, 2.45) is 11.7 Å². The average Bonchev–Trinajstić information content (AvgIpc) is 2.26. The number of carbonyl (C=O) groups excluding carboxylic acids is 2. The first kappa shape index (κ1) is 16.2. The van der Waals surface area contributed by atoms with Gasteiger partial charge in [-0.1, -0.05) is 0 Å². The molecule has 0 saturated carbocycles. The number of hydrogen-bond acceptors (Lipinski definition) is 5. The Labute approximate surface area is 117 Å². The minimum atomic E-state index is -0.897. The number of nitrogens with two attached hydrogens (primary N) is 1. The normalized spacial score (nSPS) is 23.1. The Morgan fingerprint density at radius 2 is 2.10 bits per heavy atom. The van der Waals surface area contributed by atoms with Crippen LogP contribution in [0.5, 0.6) is 0 Å². The van der Waals surface area contributed by atoms with Gasteiger partial charge in [0.15, 0.2) is 0 Å². The van der Waals surface area contributed by atoms with Crippen molar-refractivity contribution >= 4 is 18.0 Å². The Morgan fingerprint density at radius 1 is 1.40 bits per heavy atom. The van der Waals surface area contributed by atoms with E-state index in [2.05, 4.69) is 5.32 Å². The number of carboxylic acids is 1. The fraction of sp³-hybridized carbons (Fsp3) is 0.750. The number of carboxylic acid groups (broad SMARTS) is 1. The van der Waals surface area contributed by atoms with E-state index in [-0.39, 0.29) is 31.5 Å². The lowest BCUT2D eigenvalue weighted by Crippen LogP contribution is -2.52. The van der Waals surface area contributed by atoms with E-state index < -0.39 is 18.0 Å². The molecule has 2 atom stereocenters. The molecule has 2 amide bonds. The lowest BCUT2D eigenvalue weighted by atomic mass is 9.91. The highest BCUT2D eigenvalue weighted by Gasteiger charge is 2.30. The summed E-state index contributed by atoms with van der Waals surface area (Å²) in [6.45, 7) is 2.96. The van der Waals surface area contributed by atoms with Crippen LogP contribution in [0.3, 0.4) is 0 Å². The van der Waals surface area contributed by atoms with Crippen molar-refractivity contribution in [3.05, 3.63) is 0 Å². The zero-order chi connectivity index (χ0) is 15.1. The van der Waals surface area contributed by atoms with Gasteiger partial charge in [-0.2, -0.15) is 0 Å². The molecule has 114 valence electrons. The molecule has 1 fully saturated rings. The van der Waals surface area contributed by atoms with Gasteiger partial charge in [0.2, 0.25) is 5.91 Å². The first-order chi connectivity index (χ1) is 9.40. The highest BCUT2D eigenvalue weighted by Crippen LogP contribution is 2.20. The van der Waals surface area contributed by atoms with Crippen LogP contribution in [-0.4, -0.2) is 60.3 Å². The van der Waals surface area contributed by atoms with Gasteiger partial charge in [0, 0.05) is 25.6 Å². The van der Waals surface area contributed by atoms with E-state index >= 15 is 0 Å². The first-order valence-corrected chi connectivity index (χ1v) is 6.56. The van der Waals surface area contributed by atoms with Crippen molar-refractivity contribution in [3.63, 3.8) is 0 Å². The molecule has 0 aromatic carbocycles. The van der Waals surface area contributed by atoms with Crippen LogP contribution >= 0.6 is 0 Å². The number of rotatable bonds is 6. The summed E-state index contributed by atoms with van der Waals surface area (Å²) in [6, 6.07) is -0.244. The van der Waals surface area contributed by atoms with Crippen LogP contribution in [0.2, 0.25) is 0 Å². The molecule has 1 aliphatic rings. The third-order valence-electron chi connectivity index (χ3n) is 3.05. The molecule has 20 heavy (non-hydrogen) atoms. The van der Waals surface area contributed by atoms with Crippen LogP contribution in [0.4, 0.5) is 4.79 Å². The number of ether oxygens (including phenoxy) is 1. The molecular formula is C12H21N3O5. The van der Waals surface area contributed by atoms with Crippen molar-refractivity contribution < 1.29 is 24.2 Å². The predicted molar refractivity (Wildman–Crippen MR) is 69.9 cm³/mol. The SMILES string of the molecule is CCOC(=O)NC1CC(CC(=O)O)CN(CC(N)=O)C1. The Morgan fingerprint density at radius 3 is 2.65 bits per heavy atom. The number of aliphatic carboxylic acids is 1. The van der Waals surface area contributed by atoms with Crippen LogP contribution in [0.25, 0.3) is 0 Å². The summed E-state index contributed by atoms with van der Waals surface area (Å²) in [5, 5.41) is 11.5. The number of hydrogen-bond donors (Lipinski definition) is 3. The summed E-state index contributed by atoms with van der Waals surface area (Å²) >= 11 is 0. The Balaban J connectivity index is 2.60. The maximum atomic E-state index is 11.4. The highest BCUT2D eigenvalue weighted by molar-refractivity contribution is 5.76. The summed E-state index contributed by atoms with van der Waals surface area (Å²) in [5.41, 5.74) is 5.16. The molecule has 1 aliphatic heterocycles. The van der Waals surface area contributed by atoms with E-state index in [9.17, 15) is 14.4 Å². The second-order valence-electron chi connectivity index (χ2n) is 4.92. The van der Waals surface area contributed by atoms with Crippen molar-refractivity contribution in [1.29, 1.82) is 0 Å². The van der Waals surface area contributed by atoms with Crippen LogP contribution < -0.4 is 11.1 Å². The minimum absolute atomic E-state index is 0.00370. The maximum absolute atomic E-state index is 11.4. The quantitative estimate of drug-likeness (QED) is 0.598. The summed E-state index contributed by atoms with van der Waals surface area (Å²) in [4.78, 5) is 35.0. The molecule has 0 aromatic rings. The van der Waals surface area contributed by atoms with E-state index in [1.807, 2.05) is 0 Å².